The molecule has 1 aromatic heterocycles. The summed E-state index contributed by atoms with van der Waals surface area (Å²) in [6, 6.07) is 5.79. The van der Waals surface area contributed by atoms with Gasteiger partial charge in [-0.3, -0.25) is 4.79 Å². The van der Waals surface area contributed by atoms with E-state index >= 15 is 0 Å². The Morgan fingerprint density at radius 2 is 1.94 bits per heavy atom. The lowest BCUT2D eigenvalue weighted by Crippen LogP contribution is -2.42. The average Bonchev–Trinajstić information content (AvgIpc) is 3.63. The molecule has 35 heavy (non-hydrogen) atoms. The molecule has 0 unspecified atom stereocenters. The molecule has 3 aliphatic rings. The molecule has 3 fully saturated rings. The highest BCUT2D eigenvalue weighted by Crippen LogP contribution is 2.49. The highest BCUT2D eigenvalue weighted by atomic mass is 16.5. The van der Waals surface area contributed by atoms with Crippen LogP contribution in [0.3, 0.4) is 0 Å². The number of piperidine rings is 1. The van der Waals surface area contributed by atoms with E-state index in [1.54, 1.807) is 0 Å². The molecule has 5 rings (SSSR count). The van der Waals surface area contributed by atoms with E-state index in [4.69, 9.17) is 10.1 Å². The molecule has 2 saturated heterocycles. The number of carbonyl (C=O) groups excluding carboxylic acids is 1. The third-order valence-corrected chi connectivity index (χ3v) is 8.09. The first kappa shape index (κ1) is 23.8. The Bertz CT molecular complexity index is 1030. The second kappa shape index (κ2) is 10.8. The van der Waals surface area contributed by atoms with Crippen LogP contribution in [0.4, 0.5) is 5.95 Å². The van der Waals surface area contributed by atoms with Crippen molar-refractivity contribution in [3.05, 3.63) is 47.3 Å². The Morgan fingerprint density at radius 3 is 2.60 bits per heavy atom. The van der Waals surface area contributed by atoms with Crippen LogP contribution in [-0.2, 0) is 17.6 Å². The number of rotatable bonds is 10. The van der Waals surface area contributed by atoms with Crippen LogP contribution in [0.15, 0.2) is 30.6 Å². The molecule has 2 atom stereocenters. The van der Waals surface area contributed by atoms with Gasteiger partial charge >= 0.3 is 0 Å². The van der Waals surface area contributed by atoms with E-state index in [0.29, 0.717) is 13.0 Å². The summed E-state index contributed by atoms with van der Waals surface area (Å²) in [5.41, 5.74) is 2.87. The number of ether oxygens (including phenoxy) is 1. The van der Waals surface area contributed by atoms with Gasteiger partial charge in [0, 0.05) is 44.8 Å². The number of benzene rings is 1. The van der Waals surface area contributed by atoms with Crippen molar-refractivity contribution in [2.45, 2.75) is 51.9 Å². The summed E-state index contributed by atoms with van der Waals surface area (Å²) in [5.74, 6) is 4.22. The lowest BCUT2D eigenvalue weighted by Gasteiger charge is -2.32. The van der Waals surface area contributed by atoms with Crippen molar-refractivity contribution in [1.29, 1.82) is 5.41 Å². The number of carbonyl (C=O) groups is 1. The van der Waals surface area contributed by atoms with Crippen molar-refractivity contribution in [3.8, 4) is 5.75 Å². The second-order valence-electron chi connectivity index (χ2n) is 10.3. The van der Waals surface area contributed by atoms with Gasteiger partial charge in [-0.25, -0.2) is 9.97 Å². The molecule has 2 aliphatic heterocycles. The molecular weight excluding hydrogens is 438 g/mol. The van der Waals surface area contributed by atoms with Gasteiger partial charge in [-0.2, -0.15) is 0 Å². The van der Waals surface area contributed by atoms with E-state index in [0.717, 1.165) is 86.0 Å². The van der Waals surface area contributed by atoms with Crippen molar-refractivity contribution < 1.29 is 9.53 Å². The monoisotopic (exact) mass is 475 g/mol. The Kier molecular flexibility index (Phi) is 7.30. The lowest BCUT2D eigenvalue weighted by atomic mass is 9.90. The first-order valence-corrected chi connectivity index (χ1v) is 13.2. The zero-order valence-electron chi connectivity index (χ0n) is 20.8. The van der Waals surface area contributed by atoms with Gasteiger partial charge in [-0.05, 0) is 85.1 Å². The number of nitrogens with one attached hydrogen (secondary N) is 1. The number of amides is 1. The third-order valence-electron chi connectivity index (χ3n) is 8.09. The molecule has 1 aliphatic carbocycles. The predicted octanol–water partition coefficient (Wildman–Crippen LogP) is 4.13. The van der Waals surface area contributed by atoms with Crippen LogP contribution in [-0.4, -0.2) is 59.8 Å². The first-order valence-electron chi connectivity index (χ1n) is 13.2. The Balaban J connectivity index is 1.04. The topological polar surface area (TPSA) is 82.4 Å². The Morgan fingerprint density at radius 1 is 1.17 bits per heavy atom. The molecule has 2 aromatic rings. The Hall–Kier alpha value is -2.96. The summed E-state index contributed by atoms with van der Waals surface area (Å²) in [7, 11) is 0. The summed E-state index contributed by atoms with van der Waals surface area (Å²) < 4.78 is 6.05. The second-order valence-corrected chi connectivity index (χ2v) is 10.3. The average molecular weight is 476 g/mol. The van der Waals surface area contributed by atoms with E-state index in [1.165, 1.54) is 31.0 Å². The normalized spacial score (nSPS) is 22.0. The van der Waals surface area contributed by atoms with Gasteiger partial charge in [0.15, 0.2) is 0 Å². The molecule has 1 saturated carbocycles. The third kappa shape index (κ3) is 5.65. The van der Waals surface area contributed by atoms with E-state index < -0.39 is 0 Å². The maximum absolute atomic E-state index is 12.3. The van der Waals surface area contributed by atoms with Crippen molar-refractivity contribution >= 4 is 18.1 Å². The van der Waals surface area contributed by atoms with Crippen LogP contribution in [0, 0.1) is 23.2 Å². The molecule has 1 amide bonds. The van der Waals surface area contributed by atoms with Gasteiger partial charge in [0.1, 0.15) is 5.75 Å². The van der Waals surface area contributed by atoms with Crippen LogP contribution in [0.1, 0.15) is 55.7 Å². The largest absolute Gasteiger partial charge is 0.494 e. The number of likely N-dealkylation sites (tertiary alicyclic amines) is 1. The summed E-state index contributed by atoms with van der Waals surface area (Å²) in [6.07, 6.45) is 12.5. The van der Waals surface area contributed by atoms with E-state index in [1.807, 2.05) is 35.5 Å². The number of aromatic nitrogens is 2. The van der Waals surface area contributed by atoms with Crippen LogP contribution >= 0.6 is 0 Å². The van der Waals surface area contributed by atoms with E-state index in [9.17, 15) is 4.79 Å². The number of hydrogen-bond acceptors (Lipinski definition) is 6. The molecule has 0 spiro atoms. The lowest BCUT2D eigenvalue weighted by molar-refractivity contribution is -0.133. The molecule has 0 bridgehead atoms. The van der Waals surface area contributed by atoms with Gasteiger partial charge < -0.3 is 19.9 Å². The smallest absolute Gasteiger partial charge is 0.227 e. The zero-order valence-corrected chi connectivity index (χ0v) is 20.8. The van der Waals surface area contributed by atoms with Crippen LogP contribution in [0.25, 0.3) is 0 Å². The maximum atomic E-state index is 12.3. The van der Waals surface area contributed by atoms with Gasteiger partial charge in [-0.15, -0.1) is 0 Å². The first-order chi connectivity index (χ1) is 17.1. The van der Waals surface area contributed by atoms with Gasteiger partial charge in [0.25, 0.3) is 0 Å². The molecule has 0 radical (unpaired) electrons. The molecule has 3 heterocycles. The maximum Gasteiger partial charge on any atom is 0.227 e. The van der Waals surface area contributed by atoms with Crippen molar-refractivity contribution in [2.75, 3.05) is 37.7 Å². The van der Waals surface area contributed by atoms with Gasteiger partial charge in [-0.1, -0.05) is 13.0 Å². The molecular formula is C28H37N5O2. The standard InChI is InChI=1S/C28H37N5O2/c1-2-20-18-30-28(31-19-20)33-11-6-21(7-12-33)26-15-23(26)8-13-35-25-5-4-22(24(14-25)17-29)16-27(34)32-9-3-10-32/h4-5,14,17-19,21,23,26,29H,2-3,6-13,15-16H2,1H3/t23-,26-/m1/s1. The molecule has 7 nitrogen and oxygen atoms in total. The summed E-state index contributed by atoms with van der Waals surface area (Å²) in [4.78, 5) is 25.6. The SMILES string of the molecule is CCc1cnc(N2CCC([C@H]3C[C@H]3CCOc3ccc(CC(=O)N4CCC4)c(C=N)c3)CC2)nc1. The number of anilines is 1. The minimum Gasteiger partial charge on any atom is -0.494 e. The van der Waals surface area contributed by atoms with Crippen molar-refractivity contribution in [2.24, 2.45) is 17.8 Å². The predicted molar refractivity (Wildman–Crippen MR) is 137 cm³/mol. The number of aryl methyl sites for hydroxylation is 1. The van der Waals surface area contributed by atoms with E-state index in [-0.39, 0.29) is 5.91 Å². The highest BCUT2D eigenvalue weighted by molar-refractivity contribution is 5.85. The van der Waals surface area contributed by atoms with Crippen LogP contribution < -0.4 is 9.64 Å². The Labute approximate surface area is 208 Å². The number of nitrogens with zero attached hydrogens (tertiary/aromatic N) is 4. The fourth-order valence-electron chi connectivity index (χ4n) is 5.53. The minimum absolute atomic E-state index is 0.153. The summed E-state index contributed by atoms with van der Waals surface area (Å²) >= 11 is 0. The van der Waals surface area contributed by atoms with Crippen molar-refractivity contribution in [3.63, 3.8) is 0 Å². The fraction of sp³-hybridized carbons (Fsp3) is 0.571. The van der Waals surface area contributed by atoms with Gasteiger partial charge in [0.2, 0.25) is 11.9 Å². The molecule has 7 heteroatoms. The van der Waals surface area contributed by atoms with Crippen molar-refractivity contribution in [1.82, 2.24) is 14.9 Å². The van der Waals surface area contributed by atoms with Crippen LogP contribution in [0.5, 0.6) is 5.75 Å². The fourth-order valence-corrected chi connectivity index (χ4v) is 5.53. The quantitative estimate of drug-likeness (QED) is 0.523. The van der Waals surface area contributed by atoms with Crippen LogP contribution in [0.2, 0.25) is 0 Å². The summed E-state index contributed by atoms with van der Waals surface area (Å²) in [6.45, 7) is 6.67. The zero-order chi connectivity index (χ0) is 24.2. The van der Waals surface area contributed by atoms with Gasteiger partial charge in [0.05, 0.1) is 13.0 Å². The minimum atomic E-state index is 0.153. The molecule has 1 N–H and O–H groups in total. The highest BCUT2D eigenvalue weighted by Gasteiger charge is 2.43. The molecule has 1 aromatic carbocycles. The molecule has 186 valence electrons. The summed E-state index contributed by atoms with van der Waals surface area (Å²) in [5, 5.41) is 7.76. The van der Waals surface area contributed by atoms with E-state index in [2.05, 4.69) is 21.8 Å². The number of hydrogen-bond donors (Lipinski definition) is 1.